The molecule has 3 rings (SSSR count). The Labute approximate surface area is 126 Å². The lowest BCUT2D eigenvalue weighted by Crippen LogP contribution is -2.49. The van der Waals surface area contributed by atoms with Crippen molar-refractivity contribution in [2.75, 3.05) is 11.9 Å². The number of Topliss-reactive ketones (excluding diaryl/α,β-unsaturated/α-hetero) is 1. The van der Waals surface area contributed by atoms with Crippen LogP contribution in [0, 0.1) is 12.8 Å². The van der Waals surface area contributed by atoms with Crippen molar-refractivity contribution in [3.05, 3.63) is 58.2 Å². The zero-order chi connectivity index (χ0) is 14.1. The van der Waals surface area contributed by atoms with Gasteiger partial charge in [0.25, 0.3) is 5.82 Å². The largest absolute Gasteiger partial charge is 0.294 e. The third-order valence-electron chi connectivity index (χ3n) is 3.64. The average Bonchev–Trinajstić information content (AvgIpc) is 2.47. The number of rotatable bonds is 2. The van der Waals surface area contributed by atoms with Gasteiger partial charge in [0.1, 0.15) is 6.54 Å². The molecule has 0 fully saturated rings. The highest BCUT2D eigenvalue weighted by Crippen LogP contribution is 2.18. The number of nitrogens with one attached hydrogen (secondary N) is 1. The van der Waals surface area contributed by atoms with Gasteiger partial charge in [0.15, 0.2) is 5.78 Å². The number of anilines is 1. The predicted octanol–water partition coefficient (Wildman–Crippen LogP) is 2.97. The second-order valence-corrected chi connectivity index (χ2v) is 6.11. The number of hydrogen-bond acceptors (Lipinski definition) is 2. The molecule has 0 aliphatic carbocycles. The van der Waals surface area contributed by atoms with Crippen LogP contribution in [0.25, 0.3) is 0 Å². The second-order valence-electron chi connectivity index (χ2n) is 5.19. The molecule has 1 N–H and O–H groups in total. The molecule has 1 aromatic carbocycles. The molecule has 1 atom stereocenters. The van der Waals surface area contributed by atoms with Gasteiger partial charge in [-0.2, -0.15) is 0 Å². The van der Waals surface area contributed by atoms with Gasteiger partial charge in [0, 0.05) is 16.1 Å². The minimum atomic E-state index is -0.0172. The number of hydrogen-bond donors (Lipinski definition) is 1. The Balaban J connectivity index is 1.81. The average molecular weight is 332 g/mol. The van der Waals surface area contributed by atoms with Crippen LogP contribution >= 0.6 is 15.9 Å². The number of aromatic nitrogens is 1. The Bertz CT molecular complexity index is 652. The molecule has 1 aliphatic heterocycles. The fourth-order valence-corrected chi connectivity index (χ4v) is 2.77. The van der Waals surface area contributed by atoms with Gasteiger partial charge >= 0.3 is 0 Å². The summed E-state index contributed by atoms with van der Waals surface area (Å²) in [4.78, 5) is 12.5. The van der Waals surface area contributed by atoms with Crippen molar-refractivity contribution in [3.8, 4) is 0 Å². The van der Waals surface area contributed by atoms with E-state index in [1.54, 1.807) is 0 Å². The summed E-state index contributed by atoms with van der Waals surface area (Å²) >= 11 is 3.39. The minimum absolute atomic E-state index is 0.0172. The second kappa shape index (κ2) is 5.37. The first kappa shape index (κ1) is 13.3. The number of carbonyl (C=O) groups excluding carboxylic acids is 1. The molecule has 3 nitrogen and oxygen atoms in total. The molecule has 0 bridgehead atoms. The van der Waals surface area contributed by atoms with Crippen molar-refractivity contribution in [2.45, 2.75) is 13.5 Å². The fourth-order valence-electron chi connectivity index (χ4n) is 2.50. The zero-order valence-corrected chi connectivity index (χ0v) is 12.9. The number of halogens is 1. The van der Waals surface area contributed by atoms with Crippen molar-refractivity contribution < 1.29 is 9.36 Å². The number of benzene rings is 1. The molecule has 1 unspecified atom stereocenters. The van der Waals surface area contributed by atoms with Crippen LogP contribution in [-0.4, -0.2) is 12.3 Å². The van der Waals surface area contributed by atoms with Crippen LogP contribution in [0.2, 0.25) is 0 Å². The number of fused-ring (bicyclic) bond motifs is 1. The van der Waals surface area contributed by atoms with E-state index in [4.69, 9.17) is 0 Å². The Kier molecular flexibility index (Phi) is 3.57. The van der Waals surface area contributed by atoms with E-state index in [0.717, 1.165) is 22.4 Å². The molecular weight excluding hydrogens is 316 g/mol. The van der Waals surface area contributed by atoms with Crippen LogP contribution in [0.15, 0.2) is 47.1 Å². The molecule has 0 saturated carbocycles. The standard InChI is InChI=1S/C16H15BrN2O/c1-11-6-7-19-10-13(9-18-15(19)8-11)16(20)12-2-4-14(17)5-3-12/h2-8,13H,9-10H2,1H3/p+1. The topological polar surface area (TPSA) is 33.0 Å². The molecule has 1 aromatic heterocycles. The summed E-state index contributed by atoms with van der Waals surface area (Å²) in [6.07, 6.45) is 2.04. The maximum Gasteiger partial charge on any atom is 0.274 e. The van der Waals surface area contributed by atoms with Crippen LogP contribution in [0.1, 0.15) is 15.9 Å². The summed E-state index contributed by atoms with van der Waals surface area (Å²) in [5.74, 6) is 1.27. The third-order valence-corrected chi connectivity index (χ3v) is 4.17. The summed E-state index contributed by atoms with van der Waals surface area (Å²) < 4.78 is 3.10. The van der Waals surface area contributed by atoms with Gasteiger partial charge in [0.05, 0.1) is 18.7 Å². The summed E-state index contributed by atoms with van der Waals surface area (Å²) in [6.45, 7) is 3.50. The van der Waals surface area contributed by atoms with Gasteiger partial charge in [0.2, 0.25) is 0 Å². The lowest BCUT2D eigenvalue weighted by Gasteiger charge is -2.20. The van der Waals surface area contributed by atoms with Gasteiger partial charge in [-0.3, -0.25) is 10.1 Å². The summed E-state index contributed by atoms with van der Waals surface area (Å²) in [5, 5.41) is 3.35. The van der Waals surface area contributed by atoms with E-state index in [0.29, 0.717) is 6.54 Å². The molecule has 102 valence electrons. The molecule has 0 radical (unpaired) electrons. The van der Waals surface area contributed by atoms with Gasteiger partial charge in [-0.15, -0.1) is 0 Å². The van der Waals surface area contributed by atoms with E-state index >= 15 is 0 Å². The first-order chi connectivity index (χ1) is 9.63. The molecule has 1 aliphatic rings. The number of carbonyl (C=O) groups is 1. The number of aryl methyl sites for hydroxylation is 1. The van der Waals surface area contributed by atoms with E-state index in [1.165, 1.54) is 5.56 Å². The van der Waals surface area contributed by atoms with Crippen molar-refractivity contribution in [1.82, 2.24) is 0 Å². The summed E-state index contributed by atoms with van der Waals surface area (Å²) in [6, 6.07) is 11.8. The SMILES string of the molecule is Cc1cc[n+]2c(c1)NCC(C(=O)c1ccc(Br)cc1)C2. The molecule has 20 heavy (non-hydrogen) atoms. The lowest BCUT2D eigenvalue weighted by molar-refractivity contribution is -0.690. The Morgan fingerprint density at radius 1 is 1.30 bits per heavy atom. The van der Waals surface area contributed by atoms with Crippen LogP contribution in [-0.2, 0) is 6.54 Å². The van der Waals surface area contributed by atoms with Crippen molar-refractivity contribution in [1.29, 1.82) is 0 Å². The van der Waals surface area contributed by atoms with Gasteiger partial charge in [-0.1, -0.05) is 28.1 Å². The Hall–Kier alpha value is -1.68. The third kappa shape index (κ3) is 2.61. The van der Waals surface area contributed by atoms with Gasteiger partial charge in [-0.05, 0) is 30.7 Å². The normalized spacial score (nSPS) is 17.2. The van der Waals surface area contributed by atoms with E-state index < -0.39 is 0 Å². The summed E-state index contributed by atoms with van der Waals surface area (Å²) in [5.41, 5.74) is 2.00. The van der Waals surface area contributed by atoms with Crippen LogP contribution in [0.5, 0.6) is 0 Å². The van der Waals surface area contributed by atoms with Gasteiger partial charge < -0.3 is 0 Å². The fraction of sp³-hybridized carbons (Fsp3) is 0.250. The van der Waals surface area contributed by atoms with Crippen molar-refractivity contribution in [2.24, 2.45) is 5.92 Å². The van der Waals surface area contributed by atoms with Gasteiger partial charge in [-0.25, -0.2) is 4.57 Å². The molecule has 0 spiro atoms. The van der Waals surface area contributed by atoms with E-state index in [2.05, 4.69) is 44.9 Å². The van der Waals surface area contributed by atoms with E-state index in [9.17, 15) is 4.79 Å². The minimum Gasteiger partial charge on any atom is -0.294 e. The van der Waals surface area contributed by atoms with Crippen molar-refractivity contribution in [3.63, 3.8) is 0 Å². The Morgan fingerprint density at radius 3 is 2.80 bits per heavy atom. The predicted molar refractivity (Wildman–Crippen MR) is 81.8 cm³/mol. The highest BCUT2D eigenvalue weighted by Gasteiger charge is 2.29. The summed E-state index contributed by atoms with van der Waals surface area (Å²) in [7, 11) is 0. The molecule has 2 aromatic rings. The number of ketones is 1. The van der Waals surface area contributed by atoms with E-state index in [1.807, 2.05) is 30.5 Å². The van der Waals surface area contributed by atoms with Crippen LogP contribution in [0.4, 0.5) is 5.82 Å². The molecular formula is C16H16BrN2O+. The first-order valence-electron chi connectivity index (χ1n) is 6.67. The lowest BCUT2D eigenvalue weighted by atomic mass is 9.96. The smallest absolute Gasteiger partial charge is 0.274 e. The Morgan fingerprint density at radius 2 is 2.05 bits per heavy atom. The van der Waals surface area contributed by atoms with Crippen LogP contribution < -0.4 is 9.88 Å². The monoisotopic (exact) mass is 331 g/mol. The van der Waals surface area contributed by atoms with Crippen LogP contribution in [0.3, 0.4) is 0 Å². The first-order valence-corrected chi connectivity index (χ1v) is 7.46. The quantitative estimate of drug-likeness (QED) is 0.678. The molecule has 4 heteroatoms. The number of nitrogens with zero attached hydrogens (tertiary/aromatic N) is 1. The van der Waals surface area contributed by atoms with E-state index in [-0.39, 0.29) is 11.7 Å². The highest BCUT2D eigenvalue weighted by atomic mass is 79.9. The molecule has 0 saturated heterocycles. The molecule has 2 heterocycles. The maximum absolute atomic E-state index is 12.5. The maximum atomic E-state index is 12.5. The zero-order valence-electron chi connectivity index (χ0n) is 11.3. The highest BCUT2D eigenvalue weighted by molar-refractivity contribution is 9.10. The van der Waals surface area contributed by atoms with Crippen molar-refractivity contribution >= 4 is 27.5 Å². The number of pyridine rings is 1. The molecule has 0 amide bonds.